The molecule has 3 N–H and O–H groups in total. The van der Waals surface area contributed by atoms with Crippen molar-refractivity contribution in [3.63, 3.8) is 0 Å². The molecule has 0 aliphatic carbocycles. The second-order valence-electron chi connectivity index (χ2n) is 3.01. The lowest BCUT2D eigenvalue weighted by molar-refractivity contribution is -0.138. The highest BCUT2D eigenvalue weighted by Gasteiger charge is 2.17. The van der Waals surface area contributed by atoms with Crippen LogP contribution in [-0.2, 0) is 4.79 Å². The molecule has 80 valence electrons. The van der Waals surface area contributed by atoms with Gasteiger partial charge in [-0.1, -0.05) is 0 Å². The number of carbonyl (C=O) groups is 1. The van der Waals surface area contributed by atoms with Crippen molar-refractivity contribution >= 4 is 30.8 Å². The summed E-state index contributed by atoms with van der Waals surface area (Å²) >= 11 is 0. The van der Waals surface area contributed by atoms with Gasteiger partial charge in [0.25, 0.3) is 0 Å². The van der Waals surface area contributed by atoms with E-state index in [1.165, 1.54) is 0 Å². The summed E-state index contributed by atoms with van der Waals surface area (Å²) < 4.78 is 0. The van der Waals surface area contributed by atoms with Crippen LogP contribution in [0.5, 0.6) is 0 Å². The third-order valence-electron chi connectivity index (χ3n) is 1.99. The number of nitrogens with zero attached hydrogens (tertiary/aromatic N) is 1. The van der Waals surface area contributed by atoms with Gasteiger partial charge in [0.05, 0.1) is 6.54 Å². The topological polar surface area (TPSA) is 66.6 Å². The van der Waals surface area contributed by atoms with Crippen LogP contribution in [0.4, 0.5) is 0 Å². The maximum absolute atomic E-state index is 10.3. The first-order valence-electron chi connectivity index (χ1n) is 3.88. The van der Waals surface area contributed by atoms with Crippen molar-refractivity contribution in [3.05, 3.63) is 0 Å². The summed E-state index contributed by atoms with van der Waals surface area (Å²) in [4.78, 5) is 12.2. The predicted octanol–water partition coefficient (Wildman–Crippen LogP) is 0.338. The van der Waals surface area contributed by atoms with Crippen LogP contribution in [0.3, 0.4) is 0 Å². The first-order valence-corrected chi connectivity index (χ1v) is 3.88. The molecule has 0 bridgehead atoms. The quantitative estimate of drug-likeness (QED) is 0.719. The summed E-state index contributed by atoms with van der Waals surface area (Å²) in [5.74, 6) is -0.750. The Hall–Kier alpha value is -0.0300. The van der Waals surface area contributed by atoms with Crippen molar-refractivity contribution in [1.29, 1.82) is 0 Å². The van der Waals surface area contributed by atoms with Crippen molar-refractivity contribution in [2.24, 2.45) is 5.73 Å². The second kappa shape index (κ2) is 7.38. The minimum Gasteiger partial charge on any atom is -0.480 e. The van der Waals surface area contributed by atoms with Gasteiger partial charge in [-0.25, -0.2) is 0 Å². The lowest BCUT2D eigenvalue weighted by Gasteiger charge is -2.28. The molecule has 1 saturated heterocycles. The van der Waals surface area contributed by atoms with Crippen molar-refractivity contribution < 1.29 is 9.90 Å². The number of hydrogen-bond donors (Lipinski definition) is 2. The predicted molar refractivity (Wildman–Crippen MR) is 55.8 cm³/mol. The van der Waals surface area contributed by atoms with Gasteiger partial charge < -0.3 is 10.8 Å². The normalized spacial score (nSPS) is 18.5. The smallest absolute Gasteiger partial charge is 0.317 e. The van der Waals surface area contributed by atoms with Gasteiger partial charge in [0, 0.05) is 19.1 Å². The van der Waals surface area contributed by atoms with E-state index in [4.69, 9.17) is 10.8 Å². The van der Waals surface area contributed by atoms with Gasteiger partial charge in [0.2, 0.25) is 0 Å². The Labute approximate surface area is 90.3 Å². The van der Waals surface area contributed by atoms with Crippen molar-refractivity contribution in [2.75, 3.05) is 19.6 Å². The van der Waals surface area contributed by atoms with Gasteiger partial charge in [-0.15, -0.1) is 24.8 Å². The lowest BCUT2D eigenvalue weighted by atomic mass is 10.1. The maximum Gasteiger partial charge on any atom is 0.317 e. The Bertz CT molecular complexity index is 149. The standard InChI is InChI=1S/C7H14N2O2.2ClH/c8-6-1-3-9(4-2-6)5-7(10)11;;/h6H,1-5,8H2,(H,10,11);2*1H. The number of aliphatic carboxylic acids is 1. The lowest BCUT2D eigenvalue weighted by Crippen LogP contribution is -2.41. The average molecular weight is 231 g/mol. The van der Waals surface area contributed by atoms with E-state index in [2.05, 4.69) is 0 Å². The Balaban J connectivity index is 0. The monoisotopic (exact) mass is 230 g/mol. The van der Waals surface area contributed by atoms with E-state index in [0.29, 0.717) is 0 Å². The molecule has 13 heavy (non-hydrogen) atoms. The first-order chi connectivity index (χ1) is 5.18. The molecule has 0 atom stereocenters. The van der Waals surface area contributed by atoms with Crippen LogP contribution in [0.25, 0.3) is 0 Å². The van der Waals surface area contributed by atoms with Crippen LogP contribution in [-0.4, -0.2) is 41.7 Å². The Kier molecular flexibility index (Phi) is 8.77. The minimum atomic E-state index is -0.750. The number of rotatable bonds is 2. The van der Waals surface area contributed by atoms with Crippen molar-refractivity contribution in [2.45, 2.75) is 18.9 Å². The van der Waals surface area contributed by atoms with E-state index in [1.54, 1.807) is 0 Å². The first kappa shape index (κ1) is 15.4. The summed E-state index contributed by atoms with van der Waals surface area (Å²) in [7, 11) is 0. The molecule has 0 spiro atoms. The fourth-order valence-electron chi connectivity index (χ4n) is 1.30. The van der Waals surface area contributed by atoms with Gasteiger partial charge in [-0.3, -0.25) is 9.69 Å². The van der Waals surface area contributed by atoms with E-state index in [0.717, 1.165) is 25.9 Å². The molecule has 1 fully saturated rings. The average Bonchev–Trinajstić information content (AvgIpc) is 1.93. The molecule has 6 heteroatoms. The van der Waals surface area contributed by atoms with Gasteiger partial charge >= 0.3 is 5.97 Å². The summed E-state index contributed by atoms with van der Waals surface area (Å²) in [5.41, 5.74) is 5.65. The van der Waals surface area contributed by atoms with Gasteiger partial charge in [-0.2, -0.15) is 0 Å². The molecule has 1 aliphatic heterocycles. The molecule has 0 amide bonds. The zero-order valence-corrected chi connectivity index (χ0v) is 8.94. The number of nitrogens with two attached hydrogens (primary N) is 1. The van der Waals surface area contributed by atoms with E-state index >= 15 is 0 Å². The fourth-order valence-corrected chi connectivity index (χ4v) is 1.30. The number of piperidine rings is 1. The van der Waals surface area contributed by atoms with Gasteiger partial charge in [-0.05, 0) is 12.8 Å². The van der Waals surface area contributed by atoms with Crippen LogP contribution in [0, 0.1) is 0 Å². The third kappa shape index (κ3) is 6.10. The highest BCUT2D eigenvalue weighted by Crippen LogP contribution is 2.06. The summed E-state index contributed by atoms with van der Waals surface area (Å²) in [6, 6.07) is 0.278. The zero-order valence-electron chi connectivity index (χ0n) is 7.31. The molecule has 1 heterocycles. The molecule has 0 radical (unpaired) electrons. The van der Waals surface area contributed by atoms with Gasteiger partial charge in [0.1, 0.15) is 0 Å². The van der Waals surface area contributed by atoms with E-state index in [-0.39, 0.29) is 37.4 Å². The Morgan fingerprint density at radius 1 is 1.38 bits per heavy atom. The van der Waals surface area contributed by atoms with Crippen LogP contribution < -0.4 is 5.73 Å². The zero-order chi connectivity index (χ0) is 8.27. The van der Waals surface area contributed by atoms with Crippen LogP contribution in [0.2, 0.25) is 0 Å². The summed E-state index contributed by atoms with van der Waals surface area (Å²) in [6.45, 7) is 1.81. The van der Waals surface area contributed by atoms with E-state index in [9.17, 15) is 4.79 Å². The molecule has 1 rings (SSSR count). The molecule has 0 aromatic heterocycles. The molecule has 1 aliphatic rings. The highest BCUT2D eigenvalue weighted by atomic mass is 35.5. The number of hydrogen-bond acceptors (Lipinski definition) is 3. The van der Waals surface area contributed by atoms with Crippen LogP contribution in [0.15, 0.2) is 0 Å². The SMILES string of the molecule is Cl.Cl.NC1CCN(CC(=O)O)CC1. The Morgan fingerprint density at radius 2 is 1.85 bits per heavy atom. The van der Waals surface area contributed by atoms with Crippen molar-refractivity contribution in [3.8, 4) is 0 Å². The number of carboxylic acid groups (broad SMARTS) is 1. The second-order valence-corrected chi connectivity index (χ2v) is 3.01. The molecule has 0 saturated carbocycles. The summed E-state index contributed by atoms with van der Waals surface area (Å²) in [6.07, 6.45) is 1.85. The Morgan fingerprint density at radius 3 is 2.23 bits per heavy atom. The van der Waals surface area contributed by atoms with Crippen LogP contribution >= 0.6 is 24.8 Å². The number of likely N-dealkylation sites (tertiary alicyclic amines) is 1. The summed E-state index contributed by atoms with van der Waals surface area (Å²) in [5, 5.41) is 8.46. The molecule has 0 aromatic rings. The molecule has 0 unspecified atom stereocenters. The highest BCUT2D eigenvalue weighted by molar-refractivity contribution is 5.85. The largest absolute Gasteiger partial charge is 0.480 e. The third-order valence-corrected chi connectivity index (χ3v) is 1.99. The number of halogens is 2. The van der Waals surface area contributed by atoms with Crippen molar-refractivity contribution in [1.82, 2.24) is 4.90 Å². The molecular weight excluding hydrogens is 215 g/mol. The maximum atomic E-state index is 10.3. The van der Waals surface area contributed by atoms with Crippen LogP contribution in [0.1, 0.15) is 12.8 Å². The van der Waals surface area contributed by atoms with E-state index < -0.39 is 5.97 Å². The fraction of sp³-hybridized carbons (Fsp3) is 0.857. The molecule has 0 aromatic carbocycles. The molecular formula is C7H16Cl2N2O2. The minimum absolute atomic E-state index is 0. The van der Waals surface area contributed by atoms with E-state index in [1.807, 2.05) is 4.90 Å². The molecule has 4 nitrogen and oxygen atoms in total. The number of carboxylic acids is 1. The van der Waals surface area contributed by atoms with Gasteiger partial charge in [0.15, 0.2) is 0 Å².